The molecule has 1 heterocycles. The molecule has 1 N–H and O–H groups in total. The zero-order chi connectivity index (χ0) is 30.1. The Hall–Kier alpha value is -3.30. The van der Waals surface area contributed by atoms with Crippen LogP contribution < -0.4 is 19.5 Å². The fourth-order valence-corrected chi connectivity index (χ4v) is 5.68. The molecule has 1 aliphatic heterocycles. The van der Waals surface area contributed by atoms with E-state index in [0.717, 1.165) is 43.7 Å². The minimum Gasteiger partial charge on any atom is -0.496 e. The number of amides is 2. The summed E-state index contributed by atoms with van der Waals surface area (Å²) in [5, 5.41) is 3.53. The molecule has 0 unspecified atom stereocenters. The maximum Gasteiger partial charge on any atom is 0.254 e. The van der Waals surface area contributed by atoms with Crippen LogP contribution in [0.25, 0.3) is 0 Å². The van der Waals surface area contributed by atoms with Crippen molar-refractivity contribution in [2.45, 2.75) is 51.6 Å². The Labute approximate surface area is 250 Å². The third-order valence-electron chi connectivity index (χ3n) is 8.23. The highest BCUT2D eigenvalue weighted by molar-refractivity contribution is 5.95. The van der Waals surface area contributed by atoms with E-state index in [4.69, 9.17) is 18.9 Å². The number of carbonyl (C=O) groups excluding carboxylic acids is 2. The molecule has 230 valence electrons. The van der Waals surface area contributed by atoms with Gasteiger partial charge in [0.1, 0.15) is 5.75 Å². The second-order valence-corrected chi connectivity index (χ2v) is 11.6. The van der Waals surface area contributed by atoms with E-state index in [1.54, 1.807) is 39.5 Å². The zero-order valence-corrected chi connectivity index (χ0v) is 25.8. The third-order valence-corrected chi connectivity index (χ3v) is 8.23. The van der Waals surface area contributed by atoms with Crippen LogP contribution in [-0.4, -0.2) is 94.4 Å². The summed E-state index contributed by atoms with van der Waals surface area (Å²) in [5.74, 6) is 2.49. The molecule has 42 heavy (non-hydrogen) atoms. The first kappa shape index (κ1) is 31.6. The molecule has 1 saturated heterocycles. The van der Waals surface area contributed by atoms with Crippen LogP contribution >= 0.6 is 0 Å². The third kappa shape index (κ3) is 8.16. The Bertz CT molecular complexity index is 1180. The Morgan fingerprint density at radius 1 is 0.905 bits per heavy atom. The molecule has 0 radical (unpaired) electrons. The predicted molar refractivity (Wildman–Crippen MR) is 162 cm³/mol. The maximum atomic E-state index is 13.8. The van der Waals surface area contributed by atoms with Gasteiger partial charge in [-0.1, -0.05) is 18.2 Å². The van der Waals surface area contributed by atoms with Crippen molar-refractivity contribution in [2.24, 2.45) is 11.8 Å². The Morgan fingerprint density at radius 2 is 1.62 bits per heavy atom. The van der Waals surface area contributed by atoms with Crippen LogP contribution in [0.2, 0.25) is 0 Å². The average molecular weight is 582 g/mol. The summed E-state index contributed by atoms with van der Waals surface area (Å²) >= 11 is 0. The number of carbonyl (C=O) groups is 2. The van der Waals surface area contributed by atoms with Crippen LogP contribution in [-0.2, 0) is 16.0 Å². The van der Waals surface area contributed by atoms with Crippen LogP contribution in [0.3, 0.4) is 0 Å². The van der Waals surface area contributed by atoms with Gasteiger partial charge in [0.25, 0.3) is 5.91 Å². The van der Waals surface area contributed by atoms with E-state index >= 15 is 0 Å². The van der Waals surface area contributed by atoms with E-state index in [1.807, 2.05) is 43.0 Å². The summed E-state index contributed by atoms with van der Waals surface area (Å²) in [4.78, 5) is 31.4. The Morgan fingerprint density at radius 3 is 2.29 bits per heavy atom. The van der Waals surface area contributed by atoms with Gasteiger partial charge in [-0.05, 0) is 62.8 Å². The number of nitrogens with one attached hydrogen (secondary N) is 1. The average Bonchev–Trinajstić information content (AvgIpc) is 3.74. The molecule has 2 fully saturated rings. The smallest absolute Gasteiger partial charge is 0.254 e. The lowest BCUT2D eigenvalue weighted by Gasteiger charge is -2.34. The van der Waals surface area contributed by atoms with Gasteiger partial charge in [0, 0.05) is 69.5 Å². The number of ether oxygens (including phenoxy) is 4. The lowest BCUT2D eigenvalue weighted by atomic mass is 9.93. The highest BCUT2D eigenvalue weighted by atomic mass is 16.5. The molecule has 2 aromatic rings. The minimum atomic E-state index is -0.0358. The van der Waals surface area contributed by atoms with Gasteiger partial charge in [-0.2, -0.15) is 0 Å². The molecule has 2 atom stereocenters. The lowest BCUT2D eigenvalue weighted by Crippen LogP contribution is -2.45. The fourth-order valence-electron chi connectivity index (χ4n) is 5.68. The number of benzene rings is 2. The van der Waals surface area contributed by atoms with Crippen molar-refractivity contribution in [1.29, 1.82) is 0 Å². The molecular weight excluding hydrogens is 534 g/mol. The van der Waals surface area contributed by atoms with Crippen LogP contribution in [0, 0.1) is 11.8 Å². The molecule has 1 saturated carbocycles. The van der Waals surface area contributed by atoms with Crippen molar-refractivity contribution in [1.82, 2.24) is 15.1 Å². The first-order chi connectivity index (χ1) is 20.4. The fraction of sp³-hybridized carbons (Fsp3) is 0.576. The van der Waals surface area contributed by atoms with Crippen LogP contribution in [0.4, 0.5) is 0 Å². The quantitative estimate of drug-likeness (QED) is 0.299. The molecule has 0 aromatic heterocycles. The van der Waals surface area contributed by atoms with Gasteiger partial charge < -0.3 is 34.1 Å². The Kier molecular flexibility index (Phi) is 11.5. The second kappa shape index (κ2) is 15.3. The normalized spacial score (nSPS) is 18.1. The van der Waals surface area contributed by atoms with Crippen LogP contribution in [0.5, 0.6) is 17.2 Å². The molecule has 2 aliphatic rings. The second-order valence-electron chi connectivity index (χ2n) is 11.6. The standard InChI is InChI=1S/C33H47N3O6/c1-23(2)35(33(38)25-11-14-30(41-5)31(17-25)42-16-8-15-39-3)21-26-19-34-20-27(26)22-36(28-12-13-28)32(37)18-24-9-6-7-10-29(24)40-4/h6-7,9-11,14,17,23,26-28,34H,8,12-13,15-16,18-22H2,1-5H3/t26-,27+/m0/s1. The number of methoxy groups -OCH3 is 3. The number of rotatable bonds is 16. The number of para-hydroxylation sites is 1. The largest absolute Gasteiger partial charge is 0.496 e. The van der Waals surface area contributed by atoms with Gasteiger partial charge in [0.15, 0.2) is 11.5 Å². The molecule has 0 bridgehead atoms. The van der Waals surface area contributed by atoms with E-state index in [1.165, 1.54) is 0 Å². The summed E-state index contributed by atoms with van der Waals surface area (Å²) in [6.45, 7) is 8.13. The van der Waals surface area contributed by atoms with Crippen molar-refractivity contribution in [3.63, 3.8) is 0 Å². The summed E-state index contributed by atoms with van der Waals surface area (Å²) in [6, 6.07) is 13.4. The van der Waals surface area contributed by atoms with E-state index < -0.39 is 0 Å². The van der Waals surface area contributed by atoms with Gasteiger partial charge in [0.05, 0.1) is 27.2 Å². The SMILES string of the molecule is COCCCOc1cc(C(=O)N(C[C@@H]2CNC[C@@H]2CN(C(=O)Cc2ccccc2OC)C2CC2)C(C)C)ccc1OC. The first-order valence-corrected chi connectivity index (χ1v) is 15.1. The van der Waals surface area contributed by atoms with Crippen molar-refractivity contribution in [3.05, 3.63) is 53.6 Å². The molecule has 0 spiro atoms. The van der Waals surface area contributed by atoms with Gasteiger partial charge in [-0.3, -0.25) is 9.59 Å². The van der Waals surface area contributed by atoms with E-state index in [-0.39, 0.29) is 29.7 Å². The van der Waals surface area contributed by atoms with E-state index in [2.05, 4.69) is 10.2 Å². The summed E-state index contributed by atoms with van der Waals surface area (Å²) in [6.07, 6.45) is 3.17. The van der Waals surface area contributed by atoms with E-state index in [0.29, 0.717) is 55.8 Å². The molecule has 2 amide bonds. The first-order valence-electron chi connectivity index (χ1n) is 15.1. The van der Waals surface area contributed by atoms with E-state index in [9.17, 15) is 9.59 Å². The molecule has 1 aliphatic carbocycles. The number of nitrogens with zero attached hydrogens (tertiary/aromatic N) is 2. The summed E-state index contributed by atoms with van der Waals surface area (Å²) in [5.41, 5.74) is 1.48. The van der Waals surface area contributed by atoms with Crippen molar-refractivity contribution in [2.75, 3.05) is 60.7 Å². The molecule has 9 nitrogen and oxygen atoms in total. The Balaban J connectivity index is 1.44. The summed E-state index contributed by atoms with van der Waals surface area (Å²) in [7, 11) is 4.90. The predicted octanol–water partition coefficient (Wildman–Crippen LogP) is 4.04. The van der Waals surface area contributed by atoms with Gasteiger partial charge in [-0.15, -0.1) is 0 Å². The maximum absolute atomic E-state index is 13.8. The van der Waals surface area contributed by atoms with Crippen molar-refractivity contribution < 1.29 is 28.5 Å². The number of hydrogen-bond donors (Lipinski definition) is 1. The zero-order valence-electron chi connectivity index (χ0n) is 25.8. The highest BCUT2D eigenvalue weighted by Crippen LogP contribution is 2.32. The van der Waals surface area contributed by atoms with Crippen LogP contribution in [0.15, 0.2) is 42.5 Å². The van der Waals surface area contributed by atoms with Gasteiger partial charge in [0.2, 0.25) is 5.91 Å². The van der Waals surface area contributed by atoms with Gasteiger partial charge >= 0.3 is 0 Å². The lowest BCUT2D eigenvalue weighted by molar-refractivity contribution is -0.131. The van der Waals surface area contributed by atoms with Crippen LogP contribution in [0.1, 0.15) is 49.0 Å². The minimum absolute atomic E-state index is 0.0126. The molecule has 4 rings (SSSR count). The van der Waals surface area contributed by atoms with Gasteiger partial charge in [-0.25, -0.2) is 0 Å². The highest BCUT2D eigenvalue weighted by Gasteiger charge is 2.38. The monoisotopic (exact) mass is 581 g/mol. The number of hydrogen-bond acceptors (Lipinski definition) is 7. The topological polar surface area (TPSA) is 89.6 Å². The molecule has 9 heteroatoms. The van der Waals surface area contributed by atoms with Crippen molar-refractivity contribution >= 4 is 11.8 Å². The van der Waals surface area contributed by atoms with Crippen molar-refractivity contribution in [3.8, 4) is 17.2 Å². The molecular formula is C33H47N3O6. The molecule has 2 aromatic carbocycles. The summed E-state index contributed by atoms with van der Waals surface area (Å²) < 4.78 is 22.0.